The fraction of sp³-hybridized carbons (Fsp3) is 1.00. The zero-order valence-electron chi connectivity index (χ0n) is 11.4. The van der Waals surface area contributed by atoms with Crippen molar-refractivity contribution in [1.29, 1.82) is 0 Å². The third-order valence-electron chi connectivity index (χ3n) is 10.2. The molecule has 0 aromatic carbocycles. The van der Waals surface area contributed by atoms with Gasteiger partial charge in [-0.05, 0) is 103 Å². The molecule has 0 heterocycles. The molecule has 0 nitrogen and oxygen atoms in total. The summed E-state index contributed by atoms with van der Waals surface area (Å²) in [4.78, 5) is 0. The SMILES string of the molecule is CC12CC3CC4C5C6C7CC(CC(C7)C41C3)C6C52. The average molecular weight is 240 g/mol. The molecule has 0 heteroatoms. The molecule has 0 saturated heterocycles. The topological polar surface area (TPSA) is 0 Å². The molecule has 8 saturated carbocycles. The summed E-state index contributed by atoms with van der Waals surface area (Å²) in [6, 6.07) is 0. The first kappa shape index (κ1) is 9.03. The predicted octanol–water partition coefficient (Wildman–Crippen LogP) is 3.96. The molecule has 0 aromatic heterocycles. The van der Waals surface area contributed by atoms with Crippen LogP contribution in [0.3, 0.4) is 0 Å². The van der Waals surface area contributed by atoms with E-state index in [2.05, 4.69) is 6.92 Å². The second kappa shape index (κ2) is 2.15. The van der Waals surface area contributed by atoms with E-state index >= 15 is 0 Å². The fourth-order valence-electron chi connectivity index (χ4n) is 10.7. The smallest absolute Gasteiger partial charge is 0.0178 e. The van der Waals surface area contributed by atoms with Crippen molar-refractivity contribution in [3.05, 3.63) is 0 Å². The Bertz CT molecular complexity index is 492. The van der Waals surface area contributed by atoms with Gasteiger partial charge in [-0.15, -0.1) is 0 Å². The van der Waals surface area contributed by atoms with Crippen LogP contribution in [0.25, 0.3) is 0 Å². The van der Waals surface area contributed by atoms with Gasteiger partial charge in [-0.3, -0.25) is 0 Å². The highest BCUT2D eigenvalue weighted by Crippen LogP contribution is 2.92. The summed E-state index contributed by atoms with van der Waals surface area (Å²) >= 11 is 0. The van der Waals surface area contributed by atoms with Crippen molar-refractivity contribution in [2.75, 3.05) is 0 Å². The first-order valence-electron chi connectivity index (χ1n) is 8.74. The first-order valence-corrected chi connectivity index (χ1v) is 8.74. The highest BCUT2D eigenvalue weighted by atomic mass is 14.9. The summed E-state index contributed by atoms with van der Waals surface area (Å²) in [6.45, 7) is 2.79. The predicted molar refractivity (Wildman–Crippen MR) is 69.7 cm³/mol. The van der Waals surface area contributed by atoms with E-state index in [9.17, 15) is 0 Å². The van der Waals surface area contributed by atoms with E-state index in [1.165, 1.54) is 53.3 Å². The summed E-state index contributed by atoms with van der Waals surface area (Å²) in [5, 5.41) is 0. The van der Waals surface area contributed by atoms with E-state index in [4.69, 9.17) is 0 Å². The van der Waals surface area contributed by atoms with Gasteiger partial charge in [0, 0.05) is 0 Å². The van der Waals surface area contributed by atoms with Crippen LogP contribution in [0.5, 0.6) is 0 Å². The zero-order valence-corrected chi connectivity index (χ0v) is 11.4. The van der Waals surface area contributed by atoms with E-state index in [1.54, 1.807) is 38.5 Å². The van der Waals surface area contributed by atoms with Crippen LogP contribution < -0.4 is 0 Å². The first-order chi connectivity index (χ1) is 8.74. The summed E-state index contributed by atoms with van der Waals surface area (Å²) in [7, 11) is 0. The third-order valence-corrected chi connectivity index (χ3v) is 10.2. The minimum Gasteiger partial charge on any atom is -0.0588 e. The second-order valence-electron chi connectivity index (χ2n) is 9.76. The van der Waals surface area contributed by atoms with Gasteiger partial charge in [0.05, 0.1) is 0 Å². The molecule has 0 aromatic rings. The Morgan fingerprint density at radius 2 is 1.67 bits per heavy atom. The average Bonchev–Trinajstić information content (AvgIpc) is 2.83. The van der Waals surface area contributed by atoms with E-state index < -0.39 is 0 Å². The quantitative estimate of drug-likeness (QED) is 0.601. The van der Waals surface area contributed by atoms with Crippen molar-refractivity contribution >= 4 is 0 Å². The lowest BCUT2D eigenvalue weighted by molar-refractivity contribution is -0.0803. The molecule has 8 aliphatic carbocycles. The maximum atomic E-state index is 2.79. The maximum absolute atomic E-state index is 2.79. The molecule has 11 atom stereocenters. The zero-order chi connectivity index (χ0) is 11.4. The van der Waals surface area contributed by atoms with Gasteiger partial charge in [0.2, 0.25) is 0 Å². The lowest BCUT2D eigenvalue weighted by Crippen LogP contribution is -2.51. The van der Waals surface area contributed by atoms with Crippen LogP contribution in [0.4, 0.5) is 0 Å². The molecule has 0 radical (unpaired) electrons. The van der Waals surface area contributed by atoms with Crippen molar-refractivity contribution in [2.24, 2.45) is 64.1 Å². The van der Waals surface area contributed by atoms with Crippen molar-refractivity contribution in [2.45, 2.75) is 45.4 Å². The van der Waals surface area contributed by atoms with Crippen LogP contribution >= 0.6 is 0 Å². The molecule has 0 amide bonds. The van der Waals surface area contributed by atoms with Gasteiger partial charge in [0.1, 0.15) is 0 Å². The van der Waals surface area contributed by atoms with Gasteiger partial charge in [-0.2, -0.15) is 0 Å². The van der Waals surface area contributed by atoms with Crippen LogP contribution in [-0.4, -0.2) is 0 Å². The van der Waals surface area contributed by atoms with E-state index in [1.807, 2.05) is 0 Å². The lowest BCUT2D eigenvalue weighted by atomic mass is 9.49. The summed E-state index contributed by atoms with van der Waals surface area (Å²) in [5.41, 5.74) is 1.73. The molecule has 7 bridgehead atoms. The molecule has 11 unspecified atom stereocenters. The standard InChI is InChI=1S/C18H24/c1-17-6-8-2-12-15-13-9-3-10(14(13)16(15)17)5-11(4-9)18(12,17)7-8/h8-16H,2-7H2,1H3. The molecular formula is C18H24. The van der Waals surface area contributed by atoms with Gasteiger partial charge < -0.3 is 0 Å². The highest BCUT2D eigenvalue weighted by molar-refractivity contribution is 5.34. The Morgan fingerprint density at radius 1 is 0.833 bits per heavy atom. The van der Waals surface area contributed by atoms with Crippen molar-refractivity contribution in [1.82, 2.24) is 0 Å². The Balaban J connectivity index is 1.62. The number of fused-ring (bicyclic) bond motifs is 1. The lowest BCUT2D eigenvalue weighted by Gasteiger charge is -2.55. The third kappa shape index (κ3) is 0.549. The molecule has 0 N–H and O–H groups in total. The van der Waals surface area contributed by atoms with Crippen molar-refractivity contribution in [3.8, 4) is 0 Å². The molecular weight excluding hydrogens is 216 g/mol. The van der Waals surface area contributed by atoms with Crippen molar-refractivity contribution < 1.29 is 0 Å². The monoisotopic (exact) mass is 240 g/mol. The Kier molecular flexibility index (Phi) is 1.08. The van der Waals surface area contributed by atoms with Gasteiger partial charge in [-0.1, -0.05) is 6.92 Å². The van der Waals surface area contributed by atoms with Crippen LogP contribution in [0.2, 0.25) is 0 Å². The Morgan fingerprint density at radius 3 is 2.56 bits per heavy atom. The molecule has 1 spiro atoms. The normalized spacial score (nSPS) is 83.5. The Labute approximate surface area is 110 Å². The van der Waals surface area contributed by atoms with E-state index in [0.29, 0.717) is 0 Å². The van der Waals surface area contributed by atoms with E-state index in [-0.39, 0.29) is 0 Å². The number of hydrogen-bond acceptors (Lipinski definition) is 0. The van der Waals surface area contributed by atoms with Gasteiger partial charge in [0.25, 0.3) is 0 Å². The minimum atomic E-state index is 0.834. The van der Waals surface area contributed by atoms with Crippen LogP contribution in [-0.2, 0) is 0 Å². The van der Waals surface area contributed by atoms with Gasteiger partial charge in [0.15, 0.2) is 0 Å². The summed E-state index contributed by atoms with van der Waals surface area (Å²) in [6.07, 6.45) is 10.0. The van der Waals surface area contributed by atoms with Crippen LogP contribution in [0.15, 0.2) is 0 Å². The molecule has 8 fully saturated rings. The molecule has 18 heavy (non-hydrogen) atoms. The van der Waals surface area contributed by atoms with Crippen LogP contribution in [0, 0.1) is 64.1 Å². The maximum Gasteiger partial charge on any atom is -0.0178 e. The van der Waals surface area contributed by atoms with Gasteiger partial charge in [-0.25, -0.2) is 0 Å². The van der Waals surface area contributed by atoms with Gasteiger partial charge >= 0.3 is 0 Å². The summed E-state index contributed by atoms with van der Waals surface area (Å²) < 4.78 is 0. The molecule has 8 aliphatic rings. The molecule has 8 rings (SSSR count). The Hall–Kier alpha value is 0. The summed E-state index contributed by atoms with van der Waals surface area (Å²) in [5.74, 6) is 10.9. The minimum absolute atomic E-state index is 0.834. The van der Waals surface area contributed by atoms with E-state index in [0.717, 1.165) is 10.8 Å². The molecule has 0 aliphatic heterocycles. The van der Waals surface area contributed by atoms with Crippen LogP contribution in [0.1, 0.15) is 45.4 Å². The second-order valence-corrected chi connectivity index (χ2v) is 9.76. The fourth-order valence-corrected chi connectivity index (χ4v) is 10.7. The molecule has 96 valence electrons. The van der Waals surface area contributed by atoms with Crippen molar-refractivity contribution in [3.63, 3.8) is 0 Å². The number of hydrogen-bond donors (Lipinski definition) is 0. The highest BCUT2D eigenvalue weighted by Gasteiger charge is 2.86. The number of rotatable bonds is 0. The largest absolute Gasteiger partial charge is 0.0588 e.